The van der Waals surface area contributed by atoms with Crippen molar-refractivity contribution in [1.82, 2.24) is 19.7 Å². The molecule has 0 unspecified atom stereocenters. The summed E-state index contributed by atoms with van der Waals surface area (Å²) in [7, 11) is -3.29. The van der Waals surface area contributed by atoms with E-state index < -0.39 is 16.0 Å². The first-order chi connectivity index (χ1) is 9.96. The van der Waals surface area contributed by atoms with Crippen molar-refractivity contribution in [2.45, 2.75) is 38.6 Å². The third kappa shape index (κ3) is 5.09. The Labute approximate surface area is 123 Å². The molecule has 21 heavy (non-hydrogen) atoms. The molecule has 0 bridgehead atoms. The van der Waals surface area contributed by atoms with Crippen LogP contribution in [0.15, 0.2) is 6.20 Å². The molecule has 2 rings (SSSR count). The van der Waals surface area contributed by atoms with Crippen molar-refractivity contribution in [2.24, 2.45) is 5.92 Å². The van der Waals surface area contributed by atoms with Crippen LogP contribution < -0.4 is 4.72 Å². The first-order valence-electron chi connectivity index (χ1n) is 7.07. The molecule has 1 aromatic heterocycles. The topological polar surface area (TPSA) is 114 Å². The highest BCUT2D eigenvalue weighted by atomic mass is 32.2. The minimum atomic E-state index is -3.29. The molecule has 1 aliphatic rings. The van der Waals surface area contributed by atoms with Crippen LogP contribution in [-0.2, 0) is 16.6 Å². The maximum absolute atomic E-state index is 12.0. The van der Waals surface area contributed by atoms with Gasteiger partial charge >= 0.3 is 5.97 Å². The Morgan fingerprint density at radius 2 is 2.10 bits per heavy atom. The quantitative estimate of drug-likeness (QED) is 0.756. The van der Waals surface area contributed by atoms with Crippen molar-refractivity contribution in [3.05, 3.63) is 11.9 Å². The second-order valence-electron chi connectivity index (χ2n) is 5.35. The fourth-order valence-electron chi connectivity index (χ4n) is 2.54. The Balaban J connectivity index is 1.76. The van der Waals surface area contributed by atoms with Crippen LogP contribution in [0.2, 0.25) is 0 Å². The van der Waals surface area contributed by atoms with Gasteiger partial charge in [-0.05, 0) is 18.8 Å². The molecule has 1 fully saturated rings. The van der Waals surface area contributed by atoms with E-state index in [2.05, 4.69) is 15.0 Å². The Kier molecular flexibility index (Phi) is 5.29. The largest absolute Gasteiger partial charge is 0.476 e. The molecule has 118 valence electrons. The molecule has 0 spiro atoms. The van der Waals surface area contributed by atoms with E-state index >= 15 is 0 Å². The van der Waals surface area contributed by atoms with E-state index in [0.29, 0.717) is 0 Å². The van der Waals surface area contributed by atoms with Gasteiger partial charge in [0.1, 0.15) is 0 Å². The van der Waals surface area contributed by atoms with Gasteiger partial charge in [-0.3, -0.25) is 4.68 Å². The third-order valence-electron chi connectivity index (χ3n) is 3.60. The molecule has 0 radical (unpaired) electrons. The van der Waals surface area contributed by atoms with Crippen LogP contribution >= 0.6 is 0 Å². The lowest BCUT2D eigenvalue weighted by Gasteiger charge is -2.21. The highest BCUT2D eigenvalue weighted by Gasteiger charge is 2.20. The molecule has 0 aromatic carbocycles. The molecule has 0 atom stereocenters. The smallest absolute Gasteiger partial charge is 0.358 e. The van der Waals surface area contributed by atoms with E-state index in [1.807, 2.05) is 0 Å². The van der Waals surface area contributed by atoms with Crippen molar-refractivity contribution in [1.29, 1.82) is 0 Å². The zero-order chi connectivity index (χ0) is 15.3. The fourth-order valence-corrected chi connectivity index (χ4v) is 4.02. The normalized spacial score (nSPS) is 17.0. The number of aromatic carboxylic acids is 1. The van der Waals surface area contributed by atoms with Gasteiger partial charge in [0.05, 0.1) is 18.5 Å². The van der Waals surface area contributed by atoms with E-state index in [0.717, 1.165) is 25.7 Å². The second kappa shape index (κ2) is 6.99. The average molecular weight is 316 g/mol. The first kappa shape index (κ1) is 15.9. The van der Waals surface area contributed by atoms with Crippen LogP contribution in [0.25, 0.3) is 0 Å². The Morgan fingerprint density at radius 3 is 2.71 bits per heavy atom. The van der Waals surface area contributed by atoms with Crippen LogP contribution in [0.1, 0.15) is 42.6 Å². The number of hydrogen-bond donors (Lipinski definition) is 2. The lowest BCUT2D eigenvalue weighted by molar-refractivity contribution is 0.0690. The molecule has 1 aromatic rings. The summed E-state index contributed by atoms with van der Waals surface area (Å²) >= 11 is 0. The molecule has 1 saturated carbocycles. The predicted molar refractivity (Wildman–Crippen MR) is 75.3 cm³/mol. The number of carboxylic acid groups (broad SMARTS) is 1. The van der Waals surface area contributed by atoms with Crippen molar-refractivity contribution >= 4 is 16.0 Å². The summed E-state index contributed by atoms with van der Waals surface area (Å²) in [5.74, 6) is -0.731. The predicted octanol–water partition coefficient (Wildman–Crippen LogP) is 0.476. The monoisotopic (exact) mass is 316 g/mol. The first-order valence-corrected chi connectivity index (χ1v) is 8.72. The second-order valence-corrected chi connectivity index (χ2v) is 7.20. The SMILES string of the molecule is O=C(O)c1cn(CCNS(=O)(=O)CC2CCCCC2)nn1. The van der Waals surface area contributed by atoms with Gasteiger partial charge in [0.2, 0.25) is 10.0 Å². The summed E-state index contributed by atoms with van der Waals surface area (Å²) in [6, 6.07) is 0. The Morgan fingerprint density at radius 1 is 1.38 bits per heavy atom. The molecule has 1 heterocycles. The number of hydrogen-bond acceptors (Lipinski definition) is 5. The summed E-state index contributed by atoms with van der Waals surface area (Å²) in [5, 5.41) is 15.8. The van der Waals surface area contributed by atoms with E-state index in [9.17, 15) is 13.2 Å². The van der Waals surface area contributed by atoms with E-state index in [1.54, 1.807) is 0 Å². The van der Waals surface area contributed by atoms with Crippen LogP contribution in [0.3, 0.4) is 0 Å². The highest BCUT2D eigenvalue weighted by molar-refractivity contribution is 7.89. The van der Waals surface area contributed by atoms with Crippen molar-refractivity contribution < 1.29 is 18.3 Å². The van der Waals surface area contributed by atoms with Crippen LogP contribution in [0.5, 0.6) is 0 Å². The minimum Gasteiger partial charge on any atom is -0.476 e. The zero-order valence-corrected chi connectivity index (χ0v) is 12.5. The number of carboxylic acids is 1. The highest BCUT2D eigenvalue weighted by Crippen LogP contribution is 2.24. The Bertz CT molecular complexity index is 578. The molecular formula is C12H20N4O4S. The van der Waals surface area contributed by atoms with Crippen LogP contribution in [0.4, 0.5) is 0 Å². The number of sulfonamides is 1. The van der Waals surface area contributed by atoms with E-state index in [-0.39, 0.29) is 30.5 Å². The van der Waals surface area contributed by atoms with Gasteiger partial charge in [-0.15, -0.1) is 5.10 Å². The minimum absolute atomic E-state index is 0.153. The molecular weight excluding hydrogens is 296 g/mol. The van der Waals surface area contributed by atoms with Gasteiger partial charge in [-0.25, -0.2) is 17.9 Å². The van der Waals surface area contributed by atoms with Gasteiger partial charge in [-0.2, -0.15) is 0 Å². The lowest BCUT2D eigenvalue weighted by Crippen LogP contribution is -2.33. The molecule has 0 amide bonds. The van der Waals surface area contributed by atoms with Gasteiger partial charge in [0.15, 0.2) is 5.69 Å². The number of carbonyl (C=O) groups is 1. The number of nitrogens with zero attached hydrogens (tertiary/aromatic N) is 3. The maximum atomic E-state index is 12.0. The molecule has 0 saturated heterocycles. The molecule has 9 heteroatoms. The zero-order valence-electron chi connectivity index (χ0n) is 11.7. The fraction of sp³-hybridized carbons (Fsp3) is 0.750. The summed E-state index contributed by atoms with van der Waals surface area (Å²) in [6.45, 7) is 0.432. The summed E-state index contributed by atoms with van der Waals surface area (Å²) in [4.78, 5) is 10.6. The van der Waals surface area contributed by atoms with Crippen LogP contribution in [-0.4, -0.2) is 46.8 Å². The average Bonchev–Trinajstić information content (AvgIpc) is 2.88. The Hall–Kier alpha value is -1.48. The lowest BCUT2D eigenvalue weighted by atomic mass is 9.91. The maximum Gasteiger partial charge on any atom is 0.358 e. The van der Waals surface area contributed by atoms with Crippen molar-refractivity contribution in [3.8, 4) is 0 Å². The molecule has 0 aliphatic heterocycles. The van der Waals surface area contributed by atoms with Crippen molar-refractivity contribution in [3.63, 3.8) is 0 Å². The van der Waals surface area contributed by atoms with Crippen LogP contribution in [0, 0.1) is 5.92 Å². The summed E-state index contributed by atoms with van der Waals surface area (Å²) in [5.41, 5.74) is -0.153. The van der Waals surface area contributed by atoms with Crippen molar-refractivity contribution in [2.75, 3.05) is 12.3 Å². The number of rotatable bonds is 7. The number of nitrogens with one attached hydrogen (secondary N) is 1. The van der Waals surface area contributed by atoms with Gasteiger partial charge in [0, 0.05) is 6.54 Å². The summed E-state index contributed by atoms with van der Waals surface area (Å²) < 4.78 is 27.7. The summed E-state index contributed by atoms with van der Waals surface area (Å²) in [6.07, 6.45) is 6.64. The molecule has 8 nitrogen and oxygen atoms in total. The standard InChI is InChI=1S/C12H20N4O4S/c17-12(18)11-8-16(15-14-11)7-6-13-21(19,20)9-10-4-2-1-3-5-10/h8,10,13H,1-7,9H2,(H,17,18). The number of aromatic nitrogens is 3. The molecule has 1 aliphatic carbocycles. The third-order valence-corrected chi connectivity index (χ3v) is 5.15. The van der Waals surface area contributed by atoms with Gasteiger partial charge in [0.25, 0.3) is 0 Å². The van der Waals surface area contributed by atoms with Gasteiger partial charge < -0.3 is 5.11 Å². The van der Waals surface area contributed by atoms with Gasteiger partial charge in [-0.1, -0.05) is 24.5 Å². The van der Waals surface area contributed by atoms with E-state index in [1.165, 1.54) is 17.3 Å². The van der Waals surface area contributed by atoms with E-state index in [4.69, 9.17) is 5.11 Å². The molecule has 2 N–H and O–H groups in total.